The highest BCUT2D eigenvalue weighted by Gasteiger charge is 2.10. The Kier molecular flexibility index (Phi) is 2.79. The van der Waals surface area contributed by atoms with Gasteiger partial charge in [0, 0.05) is 30.4 Å². The number of nitrogens with zero attached hydrogens (tertiary/aromatic N) is 4. The lowest BCUT2D eigenvalue weighted by Gasteiger charge is -2.03. The summed E-state index contributed by atoms with van der Waals surface area (Å²) in [6, 6.07) is 9.05. The van der Waals surface area contributed by atoms with Gasteiger partial charge >= 0.3 is 0 Å². The smallest absolute Gasteiger partial charge is 0.249 e. The first kappa shape index (κ1) is 12.1. The lowest BCUT2D eigenvalue weighted by molar-refractivity contribution is -0.114. The molecule has 0 atom stereocenters. The summed E-state index contributed by atoms with van der Waals surface area (Å²) in [7, 11) is 0. The Morgan fingerprint density at radius 2 is 2.20 bits per heavy atom. The van der Waals surface area contributed by atoms with Crippen LogP contribution in [-0.4, -0.2) is 25.5 Å². The maximum Gasteiger partial charge on any atom is 0.249 e. The van der Waals surface area contributed by atoms with Crippen LogP contribution in [0.25, 0.3) is 17.0 Å². The number of rotatable bonds is 2. The highest BCUT2D eigenvalue weighted by molar-refractivity contribution is 5.86. The second kappa shape index (κ2) is 4.61. The molecule has 1 aromatic carbocycles. The molecule has 1 amide bonds. The SMILES string of the molecule is CC(=O)Nc1nc2ccnc(-c3cccc(N)c3)n2n1. The number of nitrogen functional groups attached to an aromatic ring is 1. The van der Waals surface area contributed by atoms with Crippen molar-refractivity contribution in [3.8, 4) is 11.4 Å². The molecular weight excluding hydrogens is 256 g/mol. The second-order valence-corrected chi connectivity index (χ2v) is 4.28. The van der Waals surface area contributed by atoms with E-state index in [0.29, 0.717) is 17.2 Å². The third kappa shape index (κ3) is 2.16. The van der Waals surface area contributed by atoms with Crippen molar-refractivity contribution in [3.63, 3.8) is 0 Å². The number of carbonyl (C=O) groups excluding carboxylic acids is 1. The summed E-state index contributed by atoms with van der Waals surface area (Å²) in [5.41, 5.74) is 7.85. The van der Waals surface area contributed by atoms with Gasteiger partial charge in [-0.05, 0) is 12.1 Å². The van der Waals surface area contributed by atoms with Crippen LogP contribution in [0.15, 0.2) is 36.5 Å². The summed E-state index contributed by atoms with van der Waals surface area (Å²) in [5.74, 6) is 0.633. The number of hydrogen-bond acceptors (Lipinski definition) is 5. The normalized spacial score (nSPS) is 10.7. The van der Waals surface area contributed by atoms with Crippen molar-refractivity contribution in [2.24, 2.45) is 0 Å². The zero-order valence-electron chi connectivity index (χ0n) is 10.7. The molecular formula is C13H12N6O. The summed E-state index contributed by atoms with van der Waals surface area (Å²) in [4.78, 5) is 19.6. The summed E-state index contributed by atoms with van der Waals surface area (Å²) in [5, 5.41) is 6.78. The molecule has 0 radical (unpaired) electrons. The predicted octanol–water partition coefficient (Wildman–Crippen LogP) is 1.33. The molecule has 20 heavy (non-hydrogen) atoms. The van der Waals surface area contributed by atoms with Crippen molar-refractivity contribution in [3.05, 3.63) is 36.5 Å². The summed E-state index contributed by atoms with van der Waals surface area (Å²) < 4.78 is 1.57. The molecule has 3 N–H and O–H groups in total. The van der Waals surface area contributed by atoms with Gasteiger partial charge in [-0.1, -0.05) is 12.1 Å². The van der Waals surface area contributed by atoms with E-state index in [1.807, 2.05) is 18.2 Å². The number of anilines is 2. The first-order valence-electron chi connectivity index (χ1n) is 5.99. The van der Waals surface area contributed by atoms with Crippen LogP contribution in [0.5, 0.6) is 0 Å². The number of nitrogens with two attached hydrogens (primary N) is 1. The second-order valence-electron chi connectivity index (χ2n) is 4.28. The van der Waals surface area contributed by atoms with Gasteiger partial charge in [-0.25, -0.2) is 4.98 Å². The molecule has 3 aromatic rings. The molecule has 0 saturated heterocycles. The van der Waals surface area contributed by atoms with Crippen LogP contribution in [0.3, 0.4) is 0 Å². The number of amides is 1. The topological polar surface area (TPSA) is 98.2 Å². The third-order valence-corrected chi connectivity index (χ3v) is 2.69. The molecule has 100 valence electrons. The molecule has 0 fully saturated rings. The van der Waals surface area contributed by atoms with Gasteiger partial charge in [0.25, 0.3) is 0 Å². The Morgan fingerprint density at radius 1 is 1.35 bits per heavy atom. The number of nitrogens with one attached hydrogen (secondary N) is 1. The van der Waals surface area contributed by atoms with Crippen LogP contribution in [0.1, 0.15) is 6.92 Å². The number of aromatic nitrogens is 4. The fraction of sp³-hybridized carbons (Fsp3) is 0.0769. The molecule has 0 bridgehead atoms. The average molecular weight is 268 g/mol. The maximum absolute atomic E-state index is 11.1. The quantitative estimate of drug-likeness (QED) is 0.683. The first-order chi connectivity index (χ1) is 9.63. The minimum Gasteiger partial charge on any atom is -0.399 e. The predicted molar refractivity (Wildman–Crippen MR) is 74.9 cm³/mol. The van der Waals surface area contributed by atoms with E-state index >= 15 is 0 Å². The van der Waals surface area contributed by atoms with E-state index in [9.17, 15) is 4.79 Å². The van der Waals surface area contributed by atoms with Crippen LogP contribution in [0.2, 0.25) is 0 Å². The summed E-state index contributed by atoms with van der Waals surface area (Å²) in [6.45, 7) is 1.41. The fourth-order valence-corrected chi connectivity index (χ4v) is 1.90. The lowest BCUT2D eigenvalue weighted by atomic mass is 10.2. The molecule has 0 aliphatic heterocycles. The minimum absolute atomic E-state index is 0.223. The van der Waals surface area contributed by atoms with Crippen LogP contribution in [0, 0.1) is 0 Å². The van der Waals surface area contributed by atoms with Crippen LogP contribution in [-0.2, 0) is 4.79 Å². The van der Waals surface area contributed by atoms with Crippen molar-refractivity contribution < 1.29 is 4.79 Å². The standard InChI is InChI=1S/C13H12N6O/c1-8(20)16-13-17-11-5-6-15-12(19(11)18-13)9-3-2-4-10(14)7-9/h2-7H,14H2,1H3,(H,16,18,20). The van der Waals surface area contributed by atoms with Gasteiger partial charge in [0.05, 0.1) is 0 Å². The number of benzene rings is 1. The van der Waals surface area contributed by atoms with Crippen molar-refractivity contribution in [1.82, 2.24) is 19.6 Å². The molecule has 7 heteroatoms. The first-order valence-corrected chi connectivity index (χ1v) is 5.99. The van der Waals surface area contributed by atoms with Gasteiger partial charge in [0.15, 0.2) is 11.5 Å². The maximum atomic E-state index is 11.1. The van der Waals surface area contributed by atoms with Crippen LogP contribution in [0.4, 0.5) is 11.6 Å². The van der Waals surface area contributed by atoms with Crippen molar-refractivity contribution >= 4 is 23.2 Å². The highest BCUT2D eigenvalue weighted by Crippen LogP contribution is 2.20. The Hall–Kier alpha value is -2.96. The zero-order valence-corrected chi connectivity index (χ0v) is 10.7. The molecule has 0 saturated carbocycles. The molecule has 7 nitrogen and oxygen atoms in total. The molecule has 3 rings (SSSR count). The van der Waals surface area contributed by atoms with Crippen LogP contribution < -0.4 is 11.1 Å². The van der Waals surface area contributed by atoms with Gasteiger partial charge < -0.3 is 5.73 Å². The third-order valence-electron chi connectivity index (χ3n) is 2.69. The molecule has 2 aromatic heterocycles. The Labute approximate surface area is 114 Å². The van der Waals surface area contributed by atoms with E-state index < -0.39 is 0 Å². The van der Waals surface area contributed by atoms with Crippen LogP contribution >= 0.6 is 0 Å². The summed E-state index contributed by atoms with van der Waals surface area (Å²) in [6.07, 6.45) is 1.64. The van der Waals surface area contributed by atoms with E-state index in [1.54, 1.807) is 22.8 Å². The average Bonchev–Trinajstić information content (AvgIpc) is 2.79. The lowest BCUT2D eigenvalue weighted by Crippen LogP contribution is -2.07. The van der Waals surface area contributed by atoms with Gasteiger partial charge in [-0.2, -0.15) is 9.50 Å². The highest BCUT2D eigenvalue weighted by atomic mass is 16.1. The van der Waals surface area contributed by atoms with E-state index in [2.05, 4.69) is 20.4 Å². The minimum atomic E-state index is -0.223. The fourth-order valence-electron chi connectivity index (χ4n) is 1.90. The monoisotopic (exact) mass is 268 g/mol. The largest absolute Gasteiger partial charge is 0.399 e. The van der Waals surface area contributed by atoms with E-state index in [1.165, 1.54) is 6.92 Å². The molecule has 0 aliphatic carbocycles. The van der Waals surface area contributed by atoms with E-state index in [4.69, 9.17) is 5.73 Å². The Balaban J connectivity index is 2.16. The van der Waals surface area contributed by atoms with Gasteiger partial charge in [-0.15, -0.1) is 5.10 Å². The van der Waals surface area contributed by atoms with Gasteiger partial charge in [-0.3, -0.25) is 10.1 Å². The van der Waals surface area contributed by atoms with Crippen molar-refractivity contribution in [2.75, 3.05) is 11.1 Å². The summed E-state index contributed by atoms with van der Waals surface area (Å²) >= 11 is 0. The van der Waals surface area contributed by atoms with Crippen molar-refractivity contribution in [1.29, 1.82) is 0 Å². The van der Waals surface area contributed by atoms with Gasteiger partial charge in [0.2, 0.25) is 11.9 Å². The van der Waals surface area contributed by atoms with E-state index in [0.717, 1.165) is 5.56 Å². The zero-order chi connectivity index (χ0) is 14.1. The Bertz CT molecular complexity index is 794. The number of fused-ring (bicyclic) bond motifs is 1. The molecule has 0 unspecified atom stereocenters. The van der Waals surface area contributed by atoms with Gasteiger partial charge in [0.1, 0.15) is 0 Å². The number of carbonyl (C=O) groups is 1. The van der Waals surface area contributed by atoms with Crippen molar-refractivity contribution in [2.45, 2.75) is 6.92 Å². The molecule has 0 aliphatic rings. The molecule has 0 spiro atoms. The molecule has 2 heterocycles. The number of hydrogen-bond donors (Lipinski definition) is 2. The Morgan fingerprint density at radius 3 is 2.95 bits per heavy atom. The van der Waals surface area contributed by atoms with E-state index in [-0.39, 0.29) is 11.9 Å².